The number of hydrogen-bond donors (Lipinski definition) is 1. The molecule has 0 radical (unpaired) electrons. The van der Waals surface area contributed by atoms with Crippen molar-refractivity contribution in [2.75, 3.05) is 18.5 Å². The van der Waals surface area contributed by atoms with Crippen LogP contribution in [-0.2, 0) is 6.54 Å². The third-order valence-electron chi connectivity index (χ3n) is 2.45. The Morgan fingerprint density at radius 1 is 1.56 bits per heavy atom. The summed E-state index contributed by atoms with van der Waals surface area (Å²) in [5.74, 6) is -0.230. The highest BCUT2D eigenvalue weighted by molar-refractivity contribution is 6.04. The lowest BCUT2D eigenvalue weighted by Crippen LogP contribution is -2.26. The molecule has 0 aromatic carbocycles. The first-order valence-corrected chi connectivity index (χ1v) is 5.50. The Morgan fingerprint density at radius 3 is 3.06 bits per heavy atom. The molecule has 0 saturated carbocycles. The van der Waals surface area contributed by atoms with E-state index in [0.717, 1.165) is 0 Å². The molecule has 0 unspecified atom stereocenters. The Morgan fingerprint density at radius 2 is 2.39 bits per heavy atom. The summed E-state index contributed by atoms with van der Waals surface area (Å²) in [6.45, 7) is 0.992. The molecule has 2 aromatic rings. The minimum atomic E-state index is -0.230. The van der Waals surface area contributed by atoms with Gasteiger partial charge in [0.15, 0.2) is 5.69 Å². The molecule has 0 bridgehead atoms. The van der Waals surface area contributed by atoms with Crippen LogP contribution >= 0.6 is 0 Å². The molecule has 2 aromatic heterocycles. The maximum absolute atomic E-state index is 12.1. The fourth-order valence-electron chi connectivity index (χ4n) is 1.48. The van der Waals surface area contributed by atoms with E-state index in [1.807, 2.05) is 0 Å². The number of carbonyl (C=O) groups excluding carboxylic acids is 1. The van der Waals surface area contributed by atoms with E-state index in [1.165, 1.54) is 4.90 Å². The van der Waals surface area contributed by atoms with E-state index in [-0.39, 0.29) is 11.6 Å². The number of amides is 1. The monoisotopic (exact) mass is 246 g/mol. The third kappa shape index (κ3) is 2.51. The Balaban J connectivity index is 2.15. The molecule has 0 aliphatic rings. The van der Waals surface area contributed by atoms with Crippen LogP contribution in [-0.4, -0.2) is 39.5 Å². The Labute approximate surface area is 104 Å². The maximum Gasteiger partial charge on any atom is 0.280 e. The van der Waals surface area contributed by atoms with Crippen molar-refractivity contribution in [1.82, 2.24) is 20.0 Å². The van der Waals surface area contributed by atoms with E-state index in [2.05, 4.69) is 15.3 Å². The van der Waals surface area contributed by atoms with Crippen molar-refractivity contribution in [2.45, 2.75) is 6.54 Å². The zero-order valence-electron chi connectivity index (χ0n) is 10.0. The van der Waals surface area contributed by atoms with Gasteiger partial charge in [-0.1, -0.05) is 5.21 Å². The molecule has 2 heterocycles. The van der Waals surface area contributed by atoms with E-state index in [9.17, 15) is 4.79 Å². The molecule has 7 nitrogen and oxygen atoms in total. The van der Waals surface area contributed by atoms with Gasteiger partial charge in [-0.3, -0.25) is 14.5 Å². The van der Waals surface area contributed by atoms with Crippen LogP contribution in [0.4, 0.5) is 5.69 Å². The average Bonchev–Trinajstić information content (AvgIpc) is 2.87. The molecule has 0 atom stereocenters. The van der Waals surface area contributed by atoms with E-state index in [1.54, 1.807) is 42.5 Å². The Bertz CT molecular complexity index is 523. The van der Waals surface area contributed by atoms with Gasteiger partial charge in [0.25, 0.3) is 5.91 Å². The molecule has 94 valence electrons. The summed E-state index contributed by atoms with van der Waals surface area (Å²) < 4.78 is 1.55. The number of pyridine rings is 1. The van der Waals surface area contributed by atoms with Crippen LogP contribution in [0.1, 0.15) is 10.5 Å². The van der Waals surface area contributed by atoms with Gasteiger partial charge < -0.3 is 10.6 Å². The molecule has 2 rings (SSSR count). The van der Waals surface area contributed by atoms with Crippen molar-refractivity contribution >= 4 is 11.6 Å². The van der Waals surface area contributed by atoms with Crippen LogP contribution in [0.25, 0.3) is 0 Å². The number of aromatic nitrogens is 4. The lowest BCUT2D eigenvalue weighted by molar-refractivity contribution is 0.0988. The molecule has 0 saturated heterocycles. The normalized spacial score (nSPS) is 10.3. The van der Waals surface area contributed by atoms with Crippen molar-refractivity contribution in [1.29, 1.82) is 0 Å². The van der Waals surface area contributed by atoms with E-state index in [0.29, 0.717) is 18.8 Å². The minimum absolute atomic E-state index is 0.230. The molecule has 18 heavy (non-hydrogen) atoms. The lowest BCUT2D eigenvalue weighted by Gasteiger charge is -2.14. The van der Waals surface area contributed by atoms with Gasteiger partial charge in [-0.2, -0.15) is 0 Å². The topological polar surface area (TPSA) is 89.9 Å². The fraction of sp³-hybridized carbons (Fsp3) is 0.273. The predicted molar refractivity (Wildman–Crippen MR) is 66.0 cm³/mol. The van der Waals surface area contributed by atoms with Crippen LogP contribution in [0, 0.1) is 0 Å². The van der Waals surface area contributed by atoms with Crippen molar-refractivity contribution in [3.05, 3.63) is 36.4 Å². The molecule has 0 aliphatic carbocycles. The first kappa shape index (κ1) is 12.2. The molecule has 0 fully saturated rings. The molecular weight excluding hydrogens is 232 g/mol. The third-order valence-corrected chi connectivity index (χ3v) is 2.45. The van der Waals surface area contributed by atoms with Gasteiger partial charge in [0.2, 0.25) is 0 Å². The van der Waals surface area contributed by atoms with Crippen molar-refractivity contribution < 1.29 is 4.79 Å². The molecular formula is C11H14N6O. The highest BCUT2D eigenvalue weighted by Gasteiger charge is 2.16. The summed E-state index contributed by atoms with van der Waals surface area (Å²) in [5, 5.41) is 7.65. The van der Waals surface area contributed by atoms with Gasteiger partial charge in [-0.05, 0) is 12.1 Å². The first-order valence-electron chi connectivity index (χ1n) is 5.50. The molecule has 1 amide bonds. The smallest absolute Gasteiger partial charge is 0.280 e. The summed E-state index contributed by atoms with van der Waals surface area (Å²) in [4.78, 5) is 17.6. The molecule has 7 heteroatoms. The van der Waals surface area contributed by atoms with Gasteiger partial charge in [0.05, 0.1) is 24.6 Å². The van der Waals surface area contributed by atoms with Crippen LogP contribution in [0.15, 0.2) is 30.7 Å². The lowest BCUT2D eigenvalue weighted by atomic mass is 10.3. The molecule has 0 aliphatic heterocycles. The zero-order chi connectivity index (χ0) is 13.0. The standard InChI is InChI=1S/C11H14N6O/c1-16(9-3-2-5-13-7-9)11(18)10-8-17(6-4-12)15-14-10/h2-3,5,7-8H,4,6,12H2,1H3. The van der Waals surface area contributed by atoms with E-state index >= 15 is 0 Å². The van der Waals surface area contributed by atoms with Gasteiger partial charge in [0.1, 0.15) is 0 Å². The Hall–Kier alpha value is -2.28. The summed E-state index contributed by atoms with van der Waals surface area (Å²) in [7, 11) is 1.67. The van der Waals surface area contributed by atoms with Crippen molar-refractivity contribution in [2.24, 2.45) is 5.73 Å². The average molecular weight is 246 g/mol. The van der Waals surface area contributed by atoms with Crippen LogP contribution in [0.3, 0.4) is 0 Å². The van der Waals surface area contributed by atoms with Crippen LogP contribution < -0.4 is 10.6 Å². The predicted octanol–water partition coefficient (Wildman–Crippen LogP) is -0.0916. The highest BCUT2D eigenvalue weighted by atomic mass is 16.2. The van der Waals surface area contributed by atoms with E-state index in [4.69, 9.17) is 5.73 Å². The Kier molecular flexibility index (Phi) is 3.63. The number of hydrogen-bond acceptors (Lipinski definition) is 5. The van der Waals surface area contributed by atoms with Crippen molar-refractivity contribution in [3.8, 4) is 0 Å². The highest BCUT2D eigenvalue weighted by Crippen LogP contribution is 2.12. The zero-order valence-corrected chi connectivity index (χ0v) is 10.0. The van der Waals surface area contributed by atoms with Gasteiger partial charge in [-0.25, -0.2) is 0 Å². The molecule has 0 spiro atoms. The SMILES string of the molecule is CN(C(=O)c1cn(CCN)nn1)c1cccnc1. The first-order chi connectivity index (χ1) is 8.72. The number of anilines is 1. The second-order valence-electron chi connectivity index (χ2n) is 3.73. The van der Waals surface area contributed by atoms with Gasteiger partial charge in [0, 0.05) is 19.8 Å². The maximum atomic E-state index is 12.1. The largest absolute Gasteiger partial charge is 0.329 e. The summed E-state index contributed by atoms with van der Waals surface area (Å²) >= 11 is 0. The number of nitrogens with two attached hydrogens (primary N) is 1. The number of rotatable bonds is 4. The van der Waals surface area contributed by atoms with E-state index < -0.39 is 0 Å². The summed E-state index contributed by atoms with van der Waals surface area (Å²) in [5.41, 5.74) is 6.40. The number of carbonyl (C=O) groups is 1. The van der Waals surface area contributed by atoms with Crippen molar-refractivity contribution in [3.63, 3.8) is 0 Å². The van der Waals surface area contributed by atoms with Gasteiger partial charge in [-0.15, -0.1) is 5.10 Å². The van der Waals surface area contributed by atoms with Crippen LogP contribution in [0.5, 0.6) is 0 Å². The minimum Gasteiger partial charge on any atom is -0.329 e. The van der Waals surface area contributed by atoms with Gasteiger partial charge >= 0.3 is 0 Å². The second kappa shape index (κ2) is 5.37. The fourth-order valence-corrected chi connectivity index (χ4v) is 1.48. The molecule has 2 N–H and O–H groups in total. The summed E-state index contributed by atoms with van der Waals surface area (Å²) in [6.07, 6.45) is 4.85. The summed E-state index contributed by atoms with van der Waals surface area (Å²) in [6, 6.07) is 3.57. The quantitative estimate of drug-likeness (QED) is 0.814. The number of nitrogens with zero attached hydrogens (tertiary/aromatic N) is 5. The van der Waals surface area contributed by atoms with Crippen LogP contribution in [0.2, 0.25) is 0 Å². The second-order valence-corrected chi connectivity index (χ2v) is 3.73.